The molecule has 31 heavy (non-hydrogen) atoms. The standard InChI is InChI=1S/C27H53NO2P/c1-6-8-9-10-11-12-13-14-15-16-17-18-19-20-21-22-23-24-26-27(25-7-2,31(29)30)28(3,4)5/h9-10,15-16H,6-8,11-14,17-26H2,1-5H3/q+1/b10-9-,16-15-. The quantitative estimate of drug-likeness (QED) is 0.0757. The molecule has 3 nitrogen and oxygen atoms in total. The topological polar surface area (TPSA) is 40.1 Å². The highest BCUT2D eigenvalue weighted by Gasteiger charge is 2.53. The van der Waals surface area contributed by atoms with Gasteiger partial charge in [0.15, 0.2) is 0 Å². The van der Waals surface area contributed by atoms with Crippen molar-refractivity contribution in [2.75, 3.05) is 21.1 Å². The van der Waals surface area contributed by atoms with Crippen LogP contribution in [-0.2, 0) is 4.57 Å². The molecule has 0 aliphatic rings. The van der Waals surface area contributed by atoms with Gasteiger partial charge in [-0.1, -0.05) is 81.2 Å². The molecule has 0 radical (unpaired) electrons. The predicted molar refractivity (Wildman–Crippen MR) is 136 cm³/mol. The summed E-state index contributed by atoms with van der Waals surface area (Å²) in [6, 6.07) is 0. The molecule has 0 aromatic carbocycles. The predicted octanol–water partition coefficient (Wildman–Crippen LogP) is 8.28. The van der Waals surface area contributed by atoms with Crippen LogP contribution in [0.3, 0.4) is 0 Å². The number of rotatable bonds is 21. The second-order valence-corrected chi connectivity index (χ2v) is 11.4. The van der Waals surface area contributed by atoms with Crippen molar-refractivity contribution >= 4 is 8.03 Å². The monoisotopic (exact) mass is 454 g/mol. The molecule has 2 atom stereocenters. The first kappa shape index (κ1) is 30.5. The van der Waals surface area contributed by atoms with E-state index < -0.39 is 13.3 Å². The molecule has 0 aromatic rings. The lowest BCUT2D eigenvalue weighted by molar-refractivity contribution is -0.910. The number of allylic oxidation sites excluding steroid dienone is 4. The largest absolute Gasteiger partial charge is 0.590 e. The van der Waals surface area contributed by atoms with Crippen LogP contribution in [0.1, 0.15) is 123 Å². The van der Waals surface area contributed by atoms with Crippen LogP contribution in [0.5, 0.6) is 0 Å². The van der Waals surface area contributed by atoms with E-state index in [0.29, 0.717) is 4.48 Å². The molecule has 0 heterocycles. The number of hydrogen-bond donors (Lipinski definition) is 0. The summed E-state index contributed by atoms with van der Waals surface area (Å²) in [5.74, 6) is 0. The highest BCUT2D eigenvalue weighted by molar-refractivity contribution is 7.38. The van der Waals surface area contributed by atoms with Gasteiger partial charge in [-0.15, -0.1) is 0 Å². The minimum atomic E-state index is -2.42. The molecule has 0 fully saturated rings. The second-order valence-electron chi connectivity index (χ2n) is 10.0. The summed E-state index contributed by atoms with van der Waals surface area (Å²) in [4.78, 5) is 12.1. The number of quaternary nitrogens is 1. The molecule has 2 unspecified atom stereocenters. The van der Waals surface area contributed by atoms with Crippen molar-refractivity contribution < 1.29 is 13.9 Å². The average molecular weight is 455 g/mol. The Bertz CT molecular complexity index is 496. The maximum absolute atomic E-state index is 12.1. The molecule has 0 saturated carbocycles. The van der Waals surface area contributed by atoms with Gasteiger partial charge in [0.1, 0.15) is 0 Å². The number of unbranched alkanes of at least 4 members (excludes halogenated alkanes) is 11. The Labute approximate surface area is 195 Å². The SMILES string of the molecule is CCC/C=C\CCCC/C=C\CCCCCCCCCC(CCC)([P+](=O)[O-])[N+](C)(C)C. The van der Waals surface area contributed by atoms with Crippen LogP contribution in [0.25, 0.3) is 0 Å². The van der Waals surface area contributed by atoms with E-state index >= 15 is 0 Å². The summed E-state index contributed by atoms with van der Waals surface area (Å²) in [6.45, 7) is 4.31. The lowest BCUT2D eigenvalue weighted by atomic mass is 9.99. The first-order valence-electron chi connectivity index (χ1n) is 13.1. The molecule has 0 amide bonds. The van der Waals surface area contributed by atoms with Crippen molar-refractivity contribution in [2.24, 2.45) is 0 Å². The van der Waals surface area contributed by atoms with E-state index in [0.717, 1.165) is 32.1 Å². The second kappa shape index (κ2) is 19.0. The van der Waals surface area contributed by atoms with Crippen molar-refractivity contribution in [3.05, 3.63) is 24.3 Å². The zero-order valence-electron chi connectivity index (χ0n) is 21.5. The molecule has 0 aliphatic heterocycles. The Morgan fingerprint density at radius 3 is 1.48 bits per heavy atom. The van der Waals surface area contributed by atoms with Gasteiger partial charge < -0.3 is 4.89 Å². The van der Waals surface area contributed by atoms with Crippen LogP contribution in [-0.4, -0.2) is 30.9 Å². The van der Waals surface area contributed by atoms with Crippen molar-refractivity contribution in [1.82, 2.24) is 0 Å². The summed E-state index contributed by atoms with van der Waals surface area (Å²) in [5, 5.41) is -0.595. The molecule has 0 saturated heterocycles. The highest BCUT2D eigenvalue weighted by atomic mass is 31.1. The smallest absolute Gasteiger partial charge is 0.376 e. The van der Waals surface area contributed by atoms with Gasteiger partial charge in [-0.05, 0) is 57.8 Å². The van der Waals surface area contributed by atoms with E-state index in [4.69, 9.17) is 0 Å². The van der Waals surface area contributed by atoms with Gasteiger partial charge in [0.25, 0.3) is 5.28 Å². The summed E-state index contributed by atoms with van der Waals surface area (Å²) < 4.78 is 12.6. The Hall–Kier alpha value is -0.500. The van der Waals surface area contributed by atoms with Crippen LogP contribution >= 0.6 is 8.03 Å². The van der Waals surface area contributed by atoms with E-state index in [-0.39, 0.29) is 0 Å². The van der Waals surface area contributed by atoms with Crippen LogP contribution < -0.4 is 4.89 Å². The fourth-order valence-electron chi connectivity index (χ4n) is 4.34. The van der Waals surface area contributed by atoms with Gasteiger partial charge in [0.05, 0.1) is 21.1 Å². The van der Waals surface area contributed by atoms with Crippen molar-refractivity contribution in [3.8, 4) is 0 Å². The van der Waals surface area contributed by atoms with E-state index in [2.05, 4.69) is 38.2 Å². The van der Waals surface area contributed by atoms with Gasteiger partial charge in [0, 0.05) is 12.8 Å². The summed E-state index contributed by atoms with van der Waals surface area (Å²) in [7, 11) is 3.66. The molecule has 4 heteroatoms. The maximum Gasteiger partial charge on any atom is 0.376 e. The molecular weight excluding hydrogens is 401 g/mol. The molecule has 0 N–H and O–H groups in total. The van der Waals surface area contributed by atoms with Gasteiger partial charge in [-0.3, -0.25) is 4.48 Å². The molecule has 182 valence electrons. The molecule has 0 spiro atoms. The minimum Gasteiger partial charge on any atom is -0.590 e. The number of hydrogen-bond acceptors (Lipinski definition) is 2. The molecule has 0 rings (SSSR count). The third kappa shape index (κ3) is 14.3. The van der Waals surface area contributed by atoms with Crippen molar-refractivity contribution in [1.29, 1.82) is 0 Å². The third-order valence-corrected chi connectivity index (χ3v) is 8.19. The normalized spacial score (nSPS) is 15.1. The Balaban J connectivity index is 3.72. The molecule has 0 aromatic heterocycles. The van der Waals surface area contributed by atoms with Crippen LogP contribution in [0, 0.1) is 0 Å². The Kier molecular flexibility index (Phi) is 18.7. The Morgan fingerprint density at radius 2 is 1.06 bits per heavy atom. The molecule has 0 bridgehead atoms. The van der Waals surface area contributed by atoms with Gasteiger partial charge >= 0.3 is 8.03 Å². The summed E-state index contributed by atoms with van der Waals surface area (Å²) in [5.41, 5.74) is 0. The van der Waals surface area contributed by atoms with E-state index in [1.807, 2.05) is 21.1 Å². The average Bonchev–Trinajstić information content (AvgIpc) is 2.71. The van der Waals surface area contributed by atoms with Crippen molar-refractivity contribution in [3.63, 3.8) is 0 Å². The van der Waals surface area contributed by atoms with E-state index in [1.165, 1.54) is 77.0 Å². The highest BCUT2D eigenvalue weighted by Crippen LogP contribution is 2.45. The van der Waals surface area contributed by atoms with Gasteiger partial charge in [-0.25, -0.2) is 0 Å². The molecular formula is C27H53NO2P+. The molecule has 0 aliphatic carbocycles. The first-order chi connectivity index (χ1) is 14.8. The fourth-order valence-corrected chi connectivity index (χ4v) is 5.58. The number of nitrogens with zero attached hydrogens (tertiary/aromatic N) is 1. The minimum absolute atomic E-state index is 0.517. The van der Waals surface area contributed by atoms with Crippen LogP contribution in [0.2, 0.25) is 0 Å². The zero-order valence-corrected chi connectivity index (χ0v) is 22.4. The Morgan fingerprint density at radius 1 is 0.645 bits per heavy atom. The van der Waals surface area contributed by atoms with Gasteiger partial charge in [-0.2, -0.15) is 0 Å². The fraction of sp³-hybridized carbons (Fsp3) is 0.852. The zero-order chi connectivity index (χ0) is 23.4. The van der Waals surface area contributed by atoms with Crippen molar-refractivity contribution in [2.45, 2.75) is 128 Å². The van der Waals surface area contributed by atoms with E-state index in [9.17, 15) is 9.46 Å². The van der Waals surface area contributed by atoms with Gasteiger partial charge in [0.2, 0.25) is 0 Å². The van der Waals surface area contributed by atoms with Crippen LogP contribution in [0.15, 0.2) is 24.3 Å². The first-order valence-corrected chi connectivity index (χ1v) is 14.3. The summed E-state index contributed by atoms with van der Waals surface area (Å²) >= 11 is 0. The summed E-state index contributed by atoms with van der Waals surface area (Å²) in [6.07, 6.45) is 29.3. The maximum atomic E-state index is 12.1. The lowest BCUT2D eigenvalue weighted by Crippen LogP contribution is -2.55. The third-order valence-electron chi connectivity index (χ3n) is 6.47. The van der Waals surface area contributed by atoms with E-state index in [1.54, 1.807) is 0 Å². The lowest BCUT2D eigenvalue weighted by Gasteiger charge is -2.39. The van der Waals surface area contributed by atoms with Crippen LogP contribution in [0.4, 0.5) is 0 Å².